The van der Waals surface area contributed by atoms with E-state index in [0.717, 1.165) is 34.7 Å². The predicted molar refractivity (Wildman–Crippen MR) is 82.7 cm³/mol. The third-order valence-electron chi connectivity index (χ3n) is 3.53. The standard InChI is InChI=1S/C17H18FN3/c1-12-5-4-10-21-15(11-20(2)3)16(19-17(12)21)13-6-8-14(18)9-7-13/h4-10H,11H2,1-3H3. The third kappa shape index (κ3) is 2.54. The van der Waals surface area contributed by atoms with Crippen LogP contribution in [0.1, 0.15) is 11.3 Å². The molecule has 0 unspecified atom stereocenters. The van der Waals surface area contributed by atoms with Crippen LogP contribution in [0, 0.1) is 12.7 Å². The van der Waals surface area contributed by atoms with Gasteiger partial charge in [0.1, 0.15) is 11.5 Å². The van der Waals surface area contributed by atoms with Gasteiger partial charge in [0.2, 0.25) is 0 Å². The fourth-order valence-corrected chi connectivity index (χ4v) is 2.54. The zero-order chi connectivity index (χ0) is 15.0. The summed E-state index contributed by atoms with van der Waals surface area (Å²) in [5.41, 5.74) is 5.05. The van der Waals surface area contributed by atoms with Crippen molar-refractivity contribution >= 4 is 5.65 Å². The Balaban J connectivity index is 2.25. The molecule has 3 rings (SSSR count). The first-order chi connectivity index (χ1) is 10.1. The van der Waals surface area contributed by atoms with Crippen LogP contribution in [0.2, 0.25) is 0 Å². The highest BCUT2D eigenvalue weighted by atomic mass is 19.1. The van der Waals surface area contributed by atoms with Gasteiger partial charge in [0.15, 0.2) is 0 Å². The number of aromatic nitrogens is 2. The highest BCUT2D eigenvalue weighted by Gasteiger charge is 2.15. The number of imidazole rings is 1. The average Bonchev–Trinajstić information content (AvgIpc) is 2.80. The fourth-order valence-electron chi connectivity index (χ4n) is 2.54. The number of rotatable bonds is 3. The molecule has 2 aromatic heterocycles. The van der Waals surface area contributed by atoms with Gasteiger partial charge in [-0.15, -0.1) is 0 Å². The highest BCUT2D eigenvalue weighted by molar-refractivity contribution is 5.67. The Kier molecular flexibility index (Phi) is 3.47. The van der Waals surface area contributed by atoms with Crippen LogP contribution in [0.5, 0.6) is 0 Å². The van der Waals surface area contributed by atoms with Crippen LogP contribution in [0.25, 0.3) is 16.9 Å². The van der Waals surface area contributed by atoms with E-state index in [-0.39, 0.29) is 5.82 Å². The van der Waals surface area contributed by atoms with Gasteiger partial charge >= 0.3 is 0 Å². The van der Waals surface area contributed by atoms with E-state index in [2.05, 4.69) is 22.3 Å². The molecule has 0 spiro atoms. The maximum absolute atomic E-state index is 13.1. The summed E-state index contributed by atoms with van der Waals surface area (Å²) in [7, 11) is 4.06. The van der Waals surface area contributed by atoms with E-state index in [4.69, 9.17) is 4.98 Å². The molecular weight excluding hydrogens is 265 g/mol. The molecule has 0 amide bonds. The van der Waals surface area contributed by atoms with Crippen molar-refractivity contribution in [3.8, 4) is 11.3 Å². The van der Waals surface area contributed by atoms with Crippen LogP contribution in [-0.4, -0.2) is 28.4 Å². The first-order valence-corrected chi connectivity index (χ1v) is 6.93. The van der Waals surface area contributed by atoms with Crippen LogP contribution in [0.4, 0.5) is 4.39 Å². The molecule has 0 atom stereocenters. The van der Waals surface area contributed by atoms with Gasteiger partial charge in [-0.2, -0.15) is 0 Å². The number of pyridine rings is 1. The van der Waals surface area contributed by atoms with E-state index in [0.29, 0.717) is 0 Å². The number of halogens is 1. The van der Waals surface area contributed by atoms with Gasteiger partial charge in [0.05, 0.1) is 11.4 Å². The number of hydrogen-bond donors (Lipinski definition) is 0. The summed E-state index contributed by atoms with van der Waals surface area (Å²) >= 11 is 0. The van der Waals surface area contributed by atoms with Crippen LogP contribution in [0.15, 0.2) is 42.6 Å². The molecule has 1 aromatic carbocycles. The quantitative estimate of drug-likeness (QED) is 0.733. The van der Waals surface area contributed by atoms with Crippen molar-refractivity contribution in [1.29, 1.82) is 0 Å². The molecule has 4 heteroatoms. The molecule has 2 heterocycles. The molecule has 0 saturated heterocycles. The number of aryl methyl sites for hydroxylation is 1. The van der Waals surface area contributed by atoms with E-state index >= 15 is 0 Å². The van der Waals surface area contributed by atoms with Crippen LogP contribution in [-0.2, 0) is 6.54 Å². The lowest BCUT2D eigenvalue weighted by atomic mass is 10.1. The largest absolute Gasteiger partial charge is 0.304 e. The van der Waals surface area contributed by atoms with E-state index in [1.54, 1.807) is 12.1 Å². The monoisotopic (exact) mass is 283 g/mol. The van der Waals surface area contributed by atoms with Crippen molar-refractivity contribution in [1.82, 2.24) is 14.3 Å². The minimum absolute atomic E-state index is 0.229. The molecule has 3 nitrogen and oxygen atoms in total. The second-order valence-electron chi connectivity index (χ2n) is 5.54. The lowest BCUT2D eigenvalue weighted by molar-refractivity contribution is 0.396. The van der Waals surface area contributed by atoms with Crippen LogP contribution < -0.4 is 0 Å². The topological polar surface area (TPSA) is 20.5 Å². The zero-order valence-electron chi connectivity index (χ0n) is 12.5. The maximum atomic E-state index is 13.1. The molecule has 0 radical (unpaired) electrons. The van der Waals surface area contributed by atoms with Gasteiger partial charge in [0.25, 0.3) is 0 Å². The van der Waals surface area contributed by atoms with Crippen LogP contribution >= 0.6 is 0 Å². The van der Waals surface area contributed by atoms with Crippen LogP contribution in [0.3, 0.4) is 0 Å². The van der Waals surface area contributed by atoms with Gasteiger partial charge in [-0.3, -0.25) is 0 Å². The Hall–Kier alpha value is -2.20. The number of fused-ring (bicyclic) bond motifs is 1. The molecule has 0 bridgehead atoms. The van der Waals surface area contributed by atoms with E-state index in [9.17, 15) is 4.39 Å². The van der Waals surface area contributed by atoms with Gasteiger partial charge in [0, 0.05) is 18.3 Å². The lowest BCUT2D eigenvalue weighted by Gasteiger charge is -2.11. The SMILES string of the molecule is Cc1cccn2c(CN(C)C)c(-c3ccc(F)cc3)nc12. The van der Waals surface area contributed by atoms with E-state index in [1.165, 1.54) is 12.1 Å². The molecule has 0 aliphatic carbocycles. The fraction of sp³-hybridized carbons (Fsp3) is 0.235. The summed E-state index contributed by atoms with van der Waals surface area (Å²) in [6.07, 6.45) is 2.03. The molecule has 0 N–H and O–H groups in total. The summed E-state index contributed by atoms with van der Waals surface area (Å²) in [5, 5.41) is 0. The second kappa shape index (κ2) is 5.30. The Morgan fingerprint density at radius 2 is 1.86 bits per heavy atom. The second-order valence-corrected chi connectivity index (χ2v) is 5.54. The van der Waals surface area contributed by atoms with Gasteiger partial charge in [-0.1, -0.05) is 6.07 Å². The van der Waals surface area contributed by atoms with Crippen molar-refractivity contribution < 1.29 is 4.39 Å². The maximum Gasteiger partial charge on any atom is 0.140 e. The number of nitrogens with zero attached hydrogens (tertiary/aromatic N) is 3. The van der Waals surface area contributed by atoms with Gasteiger partial charge < -0.3 is 9.30 Å². The first-order valence-electron chi connectivity index (χ1n) is 6.93. The first kappa shape index (κ1) is 13.8. The van der Waals surface area contributed by atoms with Crippen molar-refractivity contribution in [2.45, 2.75) is 13.5 Å². The highest BCUT2D eigenvalue weighted by Crippen LogP contribution is 2.26. The Morgan fingerprint density at radius 1 is 1.14 bits per heavy atom. The lowest BCUT2D eigenvalue weighted by Crippen LogP contribution is -2.13. The number of benzene rings is 1. The van der Waals surface area contributed by atoms with Crippen molar-refractivity contribution in [3.63, 3.8) is 0 Å². The molecule has 3 aromatic rings. The average molecular weight is 283 g/mol. The molecule has 21 heavy (non-hydrogen) atoms. The smallest absolute Gasteiger partial charge is 0.140 e. The Bertz CT molecular complexity index is 773. The summed E-state index contributed by atoms with van der Waals surface area (Å²) in [4.78, 5) is 6.89. The minimum atomic E-state index is -0.229. The Labute approximate surface area is 123 Å². The van der Waals surface area contributed by atoms with Gasteiger partial charge in [-0.05, 0) is 56.9 Å². The zero-order valence-corrected chi connectivity index (χ0v) is 12.5. The summed E-state index contributed by atoms with van der Waals surface area (Å²) in [5.74, 6) is -0.229. The van der Waals surface area contributed by atoms with E-state index in [1.807, 2.05) is 26.4 Å². The molecule has 108 valence electrons. The van der Waals surface area contributed by atoms with Crippen molar-refractivity contribution in [3.05, 3.63) is 59.7 Å². The Morgan fingerprint density at radius 3 is 2.52 bits per heavy atom. The van der Waals surface area contributed by atoms with Crippen molar-refractivity contribution in [2.75, 3.05) is 14.1 Å². The minimum Gasteiger partial charge on any atom is -0.304 e. The molecule has 0 saturated carbocycles. The summed E-state index contributed by atoms with van der Waals surface area (Å²) in [6.45, 7) is 2.83. The molecule has 0 aliphatic rings. The summed E-state index contributed by atoms with van der Waals surface area (Å²) in [6, 6.07) is 10.6. The predicted octanol–water partition coefficient (Wildman–Crippen LogP) is 3.51. The normalized spacial score (nSPS) is 11.5. The van der Waals surface area contributed by atoms with Gasteiger partial charge in [-0.25, -0.2) is 9.37 Å². The van der Waals surface area contributed by atoms with E-state index < -0.39 is 0 Å². The molecule has 0 aliphatic heterocycles. The third-order valence-corrected chi connectivity index (χ3v) is 3.53. The summed E-state index contributed by atoms with van der Waals surface area (Å²) < 4.78 is 15.3. The number of hydrogen-bond acceptors (Lipinski definition) is 2. The van der Waals surface area contributed by atoms with Crippen molar-refractivity contribution in [2.24, 2.45) is 0 Å². The molecule has 0 fully saturated rings. The molecular formula is C17H18FN3.